The fourth-order valence-electron chi connectivity index (χ4n) is 4.09. The third kappa shape index (κ3) is 3.84. The summed E-state index contributed by atoms with van der Waals surface area (Å²) in [5.74, 6) is -0.785. The molecule has 1 amide bonds. The number of cyclic esters (lactones) is 1. The van der Waals surface area contributed by atoms with Crippen molar-refractivity contribution in [3.8, 4) is 0 Å². The van der Waals surface area contributed by atoms with Crippen LogP contribution in [0.25, 0.3) is 0 Å². The van der Waals surface area contributed by atoms with Gasteiger partial charge in [0.2, 0.25) is 0 Å². The van der Waals surface area contributed by atoms with Gasteiger partial charge in [0.05, 0.1) is 0 Å². The number of carbonyl (C=O) groups excluding carboxylic acids is 1. The molecule has 0 aliphatic carbocycles. The highest BCUT2D eigenvalue weighted by Gasteiger charge is 2.45. The minimum Gasteiger partial charge on any atom is -0.442 e. The first-order chi connectivity index (χ1) is 13.4. The Kier molecular flexibility index (Phi) is 5.25. The molecule has 2 aromatic carbocycles. The maximum atomic E-state index is 13.9. The lowest BCUT2D eigenvalue weighted by molar-refractivity contribution is 0.103. The van der Waals surface area contributed by atoms with Crippen LogP contribution in [-0.2, 0) is 4.74 Å². The lowest BCUT2D eigenvalue weighted by Crippen LogP contribution is -2.36. The molecule has 0 spiro atoms. The zero-order valence-electron chi connectivity index (χ0n) is 15.4. The highest BCUT2D eigenvalue weighted by atomic mass is 35.5. The van der Waals surface area contributed by atoms with Gasteiger partial charge in [-0.2, -0.15) is 0 Å². The minimum atomic E-state index is -0.682. The molecule has 2 heterocycles. The summed E-state index contributed by atoms with van der Waals surface area (Å²) in [5.41, 5.74) is 0.942. The summed E-state index contributed by atoms with van der Waals surface area (Å²) in [6.07, 6.45) is 0.0183. The van der Waals surface area contributed by atoms with Crippen LogP contribution in [0.5, 0.6) is 0 Å². The van der Waals surface area contributed by atoms with Gasteiger partial charge < -0.3 is 4.74 Å². The van der Waals surface area contributed by atoms with E-state index in [0.29, 0.717) is 28.7 Å². The van der Waals surface area contributed by atoms with Gasteiger partial charge in [0.15, 0.2) is 0 Å². The molecule has 148 valence electrons. The van der Waals surface area contributed by atoms with Crippen LogP contribution in [0, 0.1) is 17.6 Å². The van der Waals surface area contributed by atoms with E-state index in [4.69, 9.17) is 16.3 Å². The smallest absolute Gasteiger partial charge is 0.415 e. The third-order valence-electron chi connectivity index (χ3n) is 5.36. The number of hydrogen-bond acceptors (Lipinski definition) is 3. The Morgan fingerprint density at radius 1 is 1.14 bits per heavy atom. The molecule has 0 radical (unpaired) electrons. The third-order valence-corrected chi connectivity index (χ3v) is 5.61. The summed E-state index contributed by atoms with van der Waals surface area (Å²) >= 11 is 5.96. The number of rotatable bonds is 4. The van der Waals surface area contributed by atoms with Gasteiger partial charge in [-0.05, 0) is 60.8 Å². The molecule has 4 rings (SSSR count). The van der Waals surface area contributed by atoms with E-state index in [9.17, 15) is 13.6 Å². The Morgan fingerprint density at radius 2 is 1.82 bits per heavy atom. The number of nitrogens with zero attached hydrogens (tertiary/aromatic N) is 2. The molecule has 1 unspecified atom stereocenters. The van der Waals surface area contributed by atoms with Crippen LogP contribution in [0.15, 0.2) is 42.5 Å². The SMILES string of the molecule is CC1CCN(C[C@@H]2OC(=O)N(c3ccc(Cl)cc3)[C@H]2c2cc(F)cc(F)c2)C1. The fraction of sp³-hybridized carbons (Fsp3) is 0.381. The number of hydrogen-bond donors (Lipinski definition) is 0. The molecule has 2 aliphatic heterocycles. The van der Waals surface area contributed by atoms with Crippen LogP contribution in [0.1, 0.15) is 24.9 Å². The molecule has 28 heavy (non-hydrogen) atoms. The molecule has 4 nitrogen and oxygen atoms in total. The minimum absolute atomic E-state index is 0.371. The number of ether oxygens (including phenoxy) is 1. The second kappa shape index (κ2) is 7.68. The van der Waals surface area contributed by atoms with E-state index < -0.39 is 29.9 Å². The molecule has 3 atom stereocenters. The molecule has 0 saturated carbocycles. The topological polar surface area (TPSA) is 32.8 Å². The van der Waals surface area contributed by atoms with Crippen molar-refractivity contribution in [3.63, 3.8) is 0 Å². The van der Waals surface area contributed by atoms with Crippen molar-refractivity contribution in [1.29, 1.82) is 0 Å². The second-order valence-corrected chi connectivity index (χ2v) is 8.01. The number of likely N-dealkylation sites (tertiary alicyclic amines) is 1. The van der Waals surface area contributed by atoms with Gasteiger partial charge in [-0.15, -0.1) is 0 Å². The average molecular weight is 407 g/mol. The average Bonchev–Trinajstić information content (AvgIpc) is 3.18. The van der Waals surface area contributed by atoms with Crippen LogP contribution < -0.4 is 4.90 Å². The fourth-order valence-corrected chi connectivity index (χ4v) is 4.22. The summed E-state index contributed by atoms with van der Waals surface area (Å²) in [5, 5.41) is 0.535. The normalized spacial score (nSPS) is 25.4. The molecule has 2 fully saturated rings. The van der Waals surface area contributed by atoms with E-state index in [2.05, 4.69) is 11.8 Å². The van der Waals surface area contributed by atoms with Crippen molar-refractivity contribution < 1.29 is 18.3 Å². The first kappa shape index (κ1) is 19.2. The summed E-state index contributed by atoms with van der Waals surface area (Å²) in [4.78, 5) is 16.4. The highest BCUT2D eigenvalue weighted by Crippen LogP contribution is 2.39. The van der Waals surface area contributed by atoms with Crippen LogP contribution >= 0.6 is 11.6 Å². The van der Waals surface area contributed by atoms with Gasteiger partial charge in [0.1, 0.15) is 23.8 Å². The Morgan fingerprint density at radius 3 is 2.43 bits per heavy atom. The van der Waals surface area contributed by atoms with Crippen LogP contribution in [-0.4, -0.2) is 36.7 Å². The van der Waals surface area contributed by atoms with Crippen molar-refractivity contribution in [2.24, 2.45) is 5.92 Å². The van der Waals surface area contributed by atoms with E-state index in [-0.39, 0.29) is 0 Å². The van der Waals surface area contributed by atoms with E-state index in [1.165, 1.54) is 17.0 Å². The Bertz CT molecular complexity index is 857. The molecular formula is C21H21ClF2N2O2. The number of benzene rings is 2. The van der Waals surface area contributed by atoms with Gasteiger partial charge in [-0.1, -0.05) is 18.5 Å². The molecular weight excluding hydrogens is 386 g/mol. The van der Waals surface area contributed by atoms with Crippen LogP contribution in [0.3, 0.4) is 0 Å². The Hall–Kier alpha value is -2.18. The predicted molar refractivity (Wildman–Crippen MR) is 104 cm³/mol. The number of carbonyl (C=O) groups is 1. The molecule has 2 aliphatic rings. The maximum absolute atomic E-state index is 13.9. The first-order valence-corrected chi connectivity index (χ1v) is 9.72. The highest BCUT2D eigenvalue weighted by molar-refractivity contribution is 6.30. The first-order valence-electron chi connectivity index (χ1n) is 9.34. The van der Waals surface area contributed by atoms with E-state index >= 15 is 0 Å². The number of anilines is 1. The Balaban J connectivity index is 1.71. The lowest BCUT2D eigenvalue weighted by atomic mass is 9.99. The van der Waals surface area contributed by atoms with E-state index in [1.807, 2.05) is 0 Å². The molecule has 2 saturated heterocycles. The summed E-state index contributed by atoms with van der Waals surface area (Å²) in [6, 6.07) is 9.46. The maximum Gasteiger partial charge on any atom is 0.415 e. The molecule has 7 heteroatoms. The standard InChI is InChI=1S/C21H21ClF2N2O2/c1-13-6-7-25(11-13)12-19-20(14-8-16(23)10-17(24)9-14)26(21(27)28-19)18-4-2-15(22)3-5-18/h2-5,8-10,13,19-20H,6-7,11-12H2,1H3/t13?,19-,20-/m0/s1. The van der Waals surface area contributed by atoms with Crippen LogP contribution in [0.2, 0.25) is 5.02 Å². The molecule has 0 N–H and O–H groups in total. The van der Waals surface area contributed by atoms with E-state index in [0.717, 1.165) is 25.6 Å². The zero-order chi connectivity index (χ0) is 19.8. The molecule has 0 bridgehead atoms. The largest absolute Gasteiger partial charge is 0.442 e. The second-order valence-electron chi connectivity index (χ2n) is 7.57. The van der Waals surface area contributed by atoms with Crippen molar-refractivity contribution >= 4 is 23.4 Å². The van der Waals surface area contributed by atoms with Gasteiger partial charge in [0.25, 0.3) is 0 Å². The number of halogens is 3. The summed E-state index contributed by atoms with van der Waals surface area (Å²) < 4.78 is 33.5. The van der Waals surface area contributed by atoms with Gasteiger partial charge in [0, 0.05) is 29.9 Å². The summed E-state index contributed by atoms with van der Waals surface area (Å²) in [7, 11) is 0. The van der Waals surface area contributed by atoms with E-state index in [1.54, 1.807) is 24.3 Å². The van der Waals surface area contributed by atoms with Crippen molar-refractivity contribution in [1.82, 2.24) is 4.90 Å². The molecule has 0 aromatic heterocycles. The quantitative estimate of drug-likeness (QED) is 0.714. The van der Waals surface area contributed by atoms with Crippen molar-refractivity contribution in [2.45, 2.75) is 25.5 Å². The predicted octanol–water partition coefficient (Wildman–Crippen LogP) is 5.03. The van der Waals surface area contributed by atoms with Gasteiger partial charge in [-0.3, -0.25) is 9.80 Å². The summed E-state index contributed by atoms with van der Waals surface area (Å²) in [6.45, 7) is 4.53. The van der Waals surface area contributed by atoms with Gasteiger partial charge in [-0.25, -0.2) is 13.6 Å². The molecule has 2 aromatic rings. The van der Waals surface area contributed by atoms with Crippen molar-refractivity contribution in [3.05, 3.63) is 64.7 Å². The Labute approximate surface area is 167 Å². The van der Waals surface area contributed by atoms with Crippen molar-refractivity contribution in [2.75, 3.05) is 24.5 Å². The lowest BCUT2D eigenvalue weighted by Gasteiger charge is -2.27. The zero-order valence-corrected chi connectivity index (χ0v) is 16.2. The van der Waals surface area contributed by atoms with Crippen LogP contribution in [0.4, 0.5) is 19.3 Å². The number of amides is 1. The van der Waals surface area contributed by atoms with Gasteiger partial charge >= 0.3 is 6.09 Å². The monoisotopic (exact) mass is 406 g/mol.